The van der Waals surface area contributed by atoms with Crippen molar-refractivity contribution in [3.63, 3.8) is 0 Å². The molecule has 1 saturated heterocycles. The Morgan fingerprint density at radius 2 is 2.32 bits per heavy atom. The number of hydrogen-bond acceptors (Lipinski definition) is 5. The van der Waals surface area contributed by atoms with E-state index in [9.17, 15) is 4.79 Å². The summed E-state index contributed by atoms with van der Waals surface area (Å²) in [5.74, 6) is -0.532. The lowest BCUT2D eigenvalue weighted by atomic mass is 10.1. The van der Waals surface area contributed by atoms with Gasteiger partial charge in [-0.3, -0.25) is 0 Å². The van der Waals surface area contributed by atoms with Gasteiger partial charge in [0.25, 0.3) is 0 Å². The molecule has 2 N–H and O–H groups in total. The van der Waals surface area contributed by atoms with Crippen molar-refractivity contribution in [1.29, 1.82) is 0 Å². The van der Waals surface area contributed by atoms with E-state index in [-0.39, 0.29) is 12.3 Å². The zero-order chi connectivity index (χ0) is 13.8. The number of nitrogens with zero attached hydrogens (tertiary/aromatic N) is 3. The number of carboxylic acids is 1. The number of anilines is 1. The fourth-order valence-electron chi connectivity index (χ4n) is 2.52. The number of aliphatic hydroxyl groups is 1. The molecule has 0 radical (unpaired) electrons. The number of aliphatic hydroxyl groups excluding tert-OH is 1. The van der Waals surface area contributed by atoms with Crippen LogP contribution in [0, 0.1) is 6.92 Å². The smallest absolute Gasteiger partial charge is 0.354 e. The molecule has 1 aliphatic heterocycles. The number of carbonyl (C=O) groups is 1. The standard InChI is InChI=1S/C13H19N3O3/c1-9-8-11(12(18)19)15-13(14-9)16-6-2-4-10(16)5-3-7-17/h8,10,17H,2-7H2,1H3,(H,18,19). The van der Waals surface area contributed by atoms with Gasteiger partial charge in [-0.1, -0.05) is 0 Å². The average Bonchev–Trinajstić information content (AvgIpc) is 2.83. The van der Waals surface area contributed by atoms with Crippen LogP contribution in [0.2, 0.25) is 0 Å². The van der Waals surface area contributed by atoms with Gasteiger partial charge in [0.05, 0.1) is 0 Å². The summed E-state index contributed by atoms with van der Waals surface area (Å²) in [5, 5.41) is 18.0. The first kappa shape index (κ1) is 13.7. The van der Waals surface area contributed by atoms with Crippen molar-refractivity contribution in [2.45, 2.75) is 38.6 Å². The number of rotatable bonds is 5. The molecule has 1 fully saturated rings. The molecule has 1 unspecified atom stereocenters. The minimum absolute atomic E-state index is 0.0373. The highest BCUT2D eigenvalue weighted by Crippen LogP contribution is 2.25. The van der Waals surface area contributed by atoms with Crippen LogP contribution in [-0.2, 0) is 0 Å². The predicted molar refractivity (Wildman–Crippen MR) is 70.4 cm³/mol. The van der Waals surface area contributed by atoms with Crippen LogP contribution in [0.4, 0.5) is 5.95 Å². The van der Waals surface area contributed by atoms with Crippen LogP contribution in [0.25, 0.3) is 0 Å². The van der Waals surface area contributed by atoms with E-state index in [1.165, 1.54) is 6.07 Å². The average molecular weight is 265 g/mol. The van der Waals surface area contributed by atoms with Gasteiger partial charge in [-0.2, -0.15) is 0 Å². The Morgan fingerprint density at radius 1 is 1.53 bits per heavy atom. The third-order valence-electron chi connectivity index (χ3n) is 3.39. The van der Waals surface area contributed by atoms with E-state index >= 15 is 0 Å². The first-order valence-corrected chi connectivity index (χ1v) is 6.58. The van der Waals surface area contributed by atoms with Crippen LogP contribution in [0.1, 0.15) is 41.9 Å². The Morgan fingerprint density at radius 3 is 3.00 bits per heavy atom. The fourth-order valence-corrected chi connectivity index (χ4v) is 2.52. The van der Waals surface area contributed by atoms with Crippen LogP contribution in [0.5, 0.6) is 0 Å². The van der Waals surface area contributed by atoms with Crippen molar-refractivity contribution in [3.05, 3.63) is 17.5 Å². The van der Waals surface area contributed by atoms with Crippen LogP contribution in [0.3, 0.4) is 0 Å². The molecule has 19 heavy (non-hydrogen) atoms. The van der Waals surface area contributed by atoms with E-state index in [2.05, 4.69) is 14.9 Å². The van der Waals surface area contributed by atoms with Crippen molar-refractivity contribution in [1.82, 2.24) is 9.97 Å². The zero-order valence-electron chi connectivity index (χ0n) is 11.0. The number of hydrogen-bond donors (Lipinski definition) is 2. The highest BCUT2D eigenvalue weighted by atomic mass is 16.4. The molecule has 0 aromatic carbocycles. The lowest BCUT2D eigenvalue weighted by Gasteiger charge is -2.24. The molecule has 0 spiro atoms. The third kappa shape index (κ3) is 3.20. The van der Waals surface area contributed by atoms with Gasteiger partial charge in [-0.05, 0) is 38.7 Å². The zero-order valence-corrected chi connectivity index (χ0v) is 11.0. The van der Waals surface area contributed by atoms with Gasteiger partial charge < -0.3 is 15.1 Å². The van der Waals surface area contributed by atoms with Gasteiger partial charge in [-0.15, -0.1) is 0 Å². The summed E-state index contributed by atoms with van der Waals surface area (Å²) in [6.07, 6.45) is 3.73. The Balaban J connectivity index is 2.22. The summed E-state index contributed by atoms with van der Waals surface area (Å²) >= 11 is 0. The summed E-state index contributed by atoms with van der Waals surface area (Å²) in [6, 6.07) is 1.78. The third-order valence-corrected chi connectivity index (χ3v) is 3.39. The van der Waals surface area contributed by atoms with Crippen molar-refractivity contribution in [2.24, 2.45) is 0 Å². The molecule has 1 aliphatic rings. The topological polar surface area (TPSA) is 86.5 Å². The second kappa shape index (κ2) is 5.97. The van der Waals surface area contributed by atoms with E-state index in [1.54, 1.807) is 6.92 Å². The van der Waals surface area contributed by atoms with E-state index in [0.717, 1.165) is 32.2 Å². The number of aromatic nitrogens is 2. The fraction of sp³-hybridized carbons (Fsp3) is 0.615. The molecule has 6 heteroatoms. The monoisotopic (exact) mass is 265 g/mol. The second-order valence-electron chi connectivity index (χ2n) is 4.86. The van der Waals surface area contributed by atoms with Crippen LogP contribution < -0.4 is 4.90 Å². The predicted octanol–water partition coefficient (Wildman–Crippen LogP) is 1.22. The molecule has 0 amide bonds. The Hall–Kier alpha value is -1.69. The molecule has 1 atom stereocenters. The molecule has 0 saturated carbocycles. The molecule has 2 heterocycles. The Bertz CT molecular complexity index is 464. The lowest BCUT2D eigenvalue weighted by molar-refractivity contribution is 0.0690. The maximum absolute atomic E-state index is 11.0. The first-order chi connectivity index (χ1) is 9.11. The summed E-state index contributed by atoms with van der Waals surface area (Å²) in [6.45, 7) is 2.80. The molecule has 1 aromatic heterocycles. The van der Waals surface area contributed by atoms with Gasteiger partial charge in [0.15, 0.2) is 5.69 Å². The van der Waals surface area contributed by atoms with Gasteiger partial charge in [0.1, 0.15) is 0 Å². The summed E-state index contributed by atoms with van der Waals surface area (Å²) in [5.41, 5.74) is 0.700. The minimum atomic E-state index is -1.03. The van der Waals surface area contributed by atoms with Gasteiger partial charge in [-0.25, -0.2) is 14.8 Å². The molecule has 6 nitrogen and oxygen atoms in total. The Labute approximate surface area is 112 Å². The first-order valence-electron chi connectivity index (χ1n) is 6.58. The van der Waals surface area contributed by atoms with Crippen LogP contribution in [-0.4, -0.2) is 45.3 Å². The molecule has 1 aromatic rings. The molecular formula is C13H19N3O3. The SMILES string of the molecule is Cc1cc(C(=O)O)nc(N2CCCC2CCCO)n1. The molecule has 0 aliphatic carbocycles. The molecular weight excluding hydrogens is 246 g/mol. The number of aromatic carboxylic acids is 1. The normalized spacial score (nSPS) is 18.8. The second-order valence-corrected chi connectivity index (χ2v) is 4.86. The number of aryl methyl sites for hydroxylation is 1. The van der Waals surface area contributed by atoms with Gasteiger partial charge in [0, 0.05) is 24.9 Å². The molecule has 0 bridgehead atoms. The lowest BCUT2D eigenvalue weighted by Crippen LogP contribution is -2.31. The summed E-state index contributed by atoms with van der Waals surface area (Å²) < 4.78 is 0. The largest absolute Gasteiger partial charge is 0.477 e. The highest BCUT2D eigenvalue weighted by molar-refractivity contribution is 5.85. The minimum Gasteiger partial charge on any atom is -0.477 e. The van der Waals surface area contributed by atoms with E-state index in [1.807, 2.05) is 0 Å². The van der Waals surface area contributed by atoms with Gasteiger partial charge in [0.2, 0.25) is 5.95 Å². The number of carboxylic acid groups (broad SMARTS) is 1. The van der Waals surface area contributed by atoms with E-state index in [4.69, 9.17) is 10.2 Å². The summed E-state index contributed by atoms with van der Waals surface area (Å²) in [7, 11) is 0. The molecule has 104 valence electrons. The van der Waals surface area contributed by atoms with E-state index < -0.39 is 5.97 Å². The van der Waals surface area contributed by atoms with Gasteiger partial charge >= 0.3 is 5.97 Å². The van der Waals surface area contributed by atoms with Crippen molar-refractivity contribution >= 4 is 11.9 Å². The van der Waals surface area contributed by atoms with E-state index in [0.29, 0.717) is 17.7 Å². The Kier molecular flexibility index (Phi) is 4.31. The van der Waals surface area contributed by atoms with Crippen LogP contribution >= 0.6 is 0 Å². The maximum Gasteiger partial charge on any atom is 0.354 e. The van der Waals surface area contributed by atoms with Crippen LogP contribution in [0.15, 0.2) is 6.07 Å². The van der Waals surface area contributed by atoms with Crippen molar-refractivity contribution in [2.75, 3.05) is 18.1 Å². The maximum atomic E-state index is 11.0. The van der Waals surface area contributed by atoms with Crippen molar-refractivity contribution < 1.29 is 15.0 Å². The molecule has 2 rings (SSSR count). The summed E-state index contributed by atoms with van der Waals surface area (Å²) in [4.78, 5) is 21.6. The van der Waals surface area contributed by atoms with Crippen molar-refractivity contribution in [3.8, 4) is 0 Å². The highest BCUT2D eigenvalue weighted by Gasteiger charge is 2.27. The quantitative estimate of drug-likeness (QED) is 0.832.